The zero-order valence-corrected chi connectivity index (χ0v) is 12.1. The standard InChI is InChI=1S/C16H25NO2/c1-13-6-3-7-14(12-17-2)16(13)19-11-5-9-15-8-4-10-18-15/h3,6-7,15,17H,4-5,8-12H2,1-2H3. The second-order valence-electron chi connectivity index (χ2n) is 5.22. The molecular weight excluding hydrogens is 238 g/mol. The van der Waals surface area contributed by atoms with Crippen molar-refractivity contribution in [1.82, 2.24) is 5.32 Å². The summed E-state index contributed by atoms with van der Waals surface area (Å²) >= 11 is 0. The van der Waals surface area contributed by atoms with Gasteiger partial charge in [0.1, 0.15) is 5.75 Å². The van der Waals surface area contributed by atoms with Crippen molar-refractivity contribution in [3.63, 3.8) is 0 Å². The van der Waals surface area contributed by atoms with Crippen LogP contribution in [-0.4, -0.2) is 26.4 Å². The molecule has 2 rings (SSSR count). The molecule has 1 aromatic carbocycles. The van der Waals surface area contributed by atoms with Gasteiger partial charge in [-0.15, -0.1) is 0 Å². The van der Waals surface area contributed by atoms with Crippen molar-refractivity contribution in [2.75, 3.05) is 20.3 Å². The fourth-order valence-electron chi connectivity index (χ4n) is 2.61. The Morgan fingerprint density at radius 1 is 1.42 bits per heavy atom. The predicted molar refractivity (Wildman–Crippen MR) is 77.6 cm³/mol. The van der Waals surface area contributed by atoms with Gasteiger partial charge in [0.25, 0.3) is 0 Å². The van der Waals surface area contributed by atoms with Crippen molar-refractivity contribution in [3.05, 3.63) is 29.3 Å². The third kappa shape index (κ3) is 4.22. The summed E-state index contributed by atoms with van der Waals surface area (Å²) in [7, 11) is 1.96. The normalized spacial score (nSPS) is 18.7. The van der Waals surface area contributed by atoms with Gasteiger partial charge < -0.3 is 14.8 Å². The highest BCUT2D eigenvalue weighted by Gasteiger charge is 2.15. The molecule has 1 aromatic rings. The molecule has 0 saturated carbocycles. The summed E-state index contributed by atoms with van der Waals surface area (Å²) in [6.07, 6.45) is 5.09. The largest absolute Gasteiger partial charge is 0.493 e. The highest BCUT2D eigenvalue weighted by Crippen LogP contribution is 2.24. The topological polar surface area (TPSA) is 30.5 Å². The van der Waals surface area contributed by atoms with E-state index in [1.165, 1.54) is 24.0 Å². The average molecular weight is 263 g/mol. The molecule has 1 atom stereocenters. The van der Waals surface area contributed by atoms with E-state index in [-0.39, 0.29) is 0 Å². The maximum absolute atomic E-state index is 5.98. The van der Waals surface area contributed by atoms with Gasteiger partial charge in [-0.1, -0.05) is 18.2 Å². The Bertz CT molecular complexity index is 386. The van der Waals surface area contributed by atoms with Crippen molar-refractivity contribution < 1.29 is 9.47 Å². The van der Waals surface area contributed by atoms with Gasteiger partial charge in [-0.2, -0.15) is 0 Å². The minimum Gasteiger partial charge on any atom is -0.493 e. The average Bonchev–Trinajstić information content (AvgIpc) is 2.90. The zero-order valence-electron chi connectivity index (χ0n) is 12.1. The van der Waals surface area contributed by atoms with Crippen LogP contribution >= 0.6 is 0 Å². The van der Waals surface area contributed by atoms with Gasteiger partial charge in [0.05, 0.1) is 12.7 Å². The van der Waals surface area contributed by atoms with Crippen LogP contribution in [0.25, 0.3) is 0 Å². The van der Waals surface area contributed by atoms with E-state index >= 15 is 0 Å². The molecule has 1 N–H and O–H groups in total. The Hall–Kier alpha value is -1.06. The van der Waals surface area contributed by atoms with E-state index in [4.69, 9.17) is 9.47 Å². The molecule has 0 radical (unpaired) electrons. The lowest BCUT2D eigenvalue weighted by Gasteiger charge is -2.15. The molecule has 0 aromatic heterocycles. The van der Waals surface area contributed by atoms with E-state index < -0.39 is 0 Å². The number of nitrogens with one attached hydrogen (secondary N) is 1. The van der Waals surface area contributed by atoms with Crippen LogP contribution in [0.15, 0.2) is 18.2 Å². The molecule has 3 heteroatoms. The third-order valence-corrected chi connectivity index (χ3v) is 3.60. The minimum atomic E-state index is 0.470. The molecule has 0 amide bonds. The van der Waals surface area contributed by atoms with E-state index in [0.717, 1.165) is 38.3 Å². The lowest BCUT2D eigenvalue weighted by Crippen LogP contribution is -2.11. The zero-order chi connectivity index (χ0) is 13.5. The first kappa shape index (κ1) is 14.4. The van der Waals surface area contributed by atoms with E-state index in [0.29, 0.717) is 6.10 Å². The van der Waals surface area contributed by atoms with Crippen LogP contribution in [0.3, 0.4) is 0 Å². The van der Waals surface area contributed by atoms with Crippen LogP contribution in [-0.2, 0) is 11.3 Å². The van der Waals surface area contributed by atoms with E-state index in [9.17, 15) is 0 Å². The summed E-state index contributed by atoms with van der Waals surface area (Å²) in [4.78, 5) is 0. The Balaban J connectivity index is 1.80. The number of benzene rings is 1. The van der Waals surface area contributed by atoms with Crippen molar-refractivity contribution in [3.8, 4) is 5.75 Å². The quantitative estimate of drug-likeness (QED) is 0.767. The van der Waals surface area contributed by atoms with Crippen LogP contribution in [0.4, 0.5) is 0 Å². The molecule has 0 bridgehead atoms. The smallest absolute Gasteiger partial charge is 0.126 e. The monoisotopic (exact) mass is 263 g/mol. The molecule has 1 aliphatic rings. The van der Waals surface area contributed by atoms with Gasteiger partial charge >= 0.3 is 0 Å². The first-order valence-electron chi connectivity index (χ1n) is 7.28. The van der Waals surface area contributed by atoms with Crippen molar-refractivity contribution >= 4 is 0 Å². The van der Waals surface area contributed by atoms with E-state index in [2.05, 4.69) is 30.4 Å². The molecule has 1 saturated heterocycles. The summed E-state index contributed by atoms with van der Waals surface area (Å²) in [6.45, 7) is 4.67. The van der Waals surface area contributed by atoms with Gasteiger partial charge in [0.15, 0.2) is 0 Å². The van der Waals surface area contributed by atoms with Crippen molar-refractivity contribution in [2.24, 2.45) is 0 Å². The lowest BCUT2D eigenvalue weighted by atomic mass is 10.1. The molecule has 0 spiro atoms. The fourth-order valence-corrected chi connectivity index (χ4v) is 2.61. The van der Waals surface area contributed by atoms with E-state index in [1.807, 2.05) is 7.05 Å². The van der Waals surface area contributed by atoms with Gasteiger partial charge in [-0.25, -0.2) is 0 Å². The van der Waals surface area contributed by atoms with Gasteiger partial charge in [0, 0.05) is 18.7 Å². The molecule has 1 aliphatic heterocycles. The summed E-state index contributed by atoms with van der Waals surface area (Å²) in [5.74, 6) is 1.05. The Morgan fingerprint density at radius 2 is 2.32 bits per heavy atom. The molecule has 1 unspecified atom stereocenters. The van der Waals surface area contributed by atoms with Crippen LogP contribution < -0.4 is 10.1 Å². The number of ether oxygens (including phenoxy) is 2. The number of para-hydroxylation sites is 1. The van der Waals surface area contributed by atoms with Crippen LogP contribution in [0.1, 0.15) is 36.8 Å². The second-order valence-corrected chi connectivity index (χ2v) is 5.22. The summed E-state index contributed by atoms with van der Waals surface area (Å²) in [5, 5.41) is 3.19. The van der Waals surface area contributed by atoms with Gasteiger partial charge in [-0.3, -0.25) is 0 Å². The maximum atomic E-state index is 5.98. The van der Waals surface area contributed by atoms with E-state index in [1.54, 1.807) is 0 Å². The molecule has 3 nitrogen and oxygen atoms in total. The Kier molecular flexibility index (Phi) is 5.67. The van der Waals surface area contributed by atoms with Gasteiger partial charge in [0.2, 0.25) is 0 Å². The van der Waals surface area contributed by atoms with Crippen LogP contribution in [0.2, 0.25) is 0 Å². The lowest BCUT2D eigenvalue weighted by molar-refractivity contribution is 0.0980. The molecule has 19 heavy (non-hydrogen) atoms. The molecule has 1 heterocycles. The SMILES string of the molecule is CNCc1cccc(C)c1OCCCC1CCCO1. The first-order chi connectivity index (χ1) is 9.31. The Morgan fingerprint density at radius 3 is 3.05 bits per heavy atom. The highest BCUT2D eigenvalue weighted by molar-refractivity contribution is 5.40. The molecule has 1 fully saturated rings. The number of rotatable bonds is 7. The number of hydrogen-bond donors (Lipinski definition) is 1. The Labute approximate surface area is 116 Å². The third-order valence-electron chi connectivity index (χ3n) is 3.60. The fraction of sp³-hybridized carbons (Fsp3) is 0.625. The van der Waals surface area contributed by atoms with Crippen LogP contribution in [0, 0.1) is 6.92 Å². The maximum Gasteiger partial charge on any atom is 0.126 e. The molecule has 0 aliphatic carbocycles. The van der Waals surface area contributed by atoms with Crippen LogP contribution in [0.5, 0.6) is 5.75 Å². The van der Waals surface area contributed by atoms with Crippen molar-refractivity contribution in [1.29, 1.82) is 0 Å². The minimum absolute atomic E-state index is 0.470. The number of hydrogen-bond acceptors (Lipinski definition) is 3. The molecular formula is C16H25NO2. The predicted octanol–water partition coefficient (Wildman–Crippen LogP) is 3.05. The molecule has 106 valence electrons. The van der Waals surface area contributed by atoms with Crippen molar-refractivity contribution in [2.45, 2.75) is 45.3 Å². The highest BCUT2D eigenvalue weighted by atomic mass is 16.5. The summed E-state index contributed by atoms with van der Waals surface area (Å²) in [5.41, 5.74) is 2.45. The first-order valence-corrected chi connectivity index (χ1v) is 7.28. The number of aryl methyl sites for hydroxylation is 1. The summed E-state index contributed by atoms with van der Waals surface area (Å²) < 4.78 is 11.6. The van der Waals surface area contributed by atoms with Gasteiger partial charge in [-0.05, 0) is 45.2 Å². The second kappa shape index (κ2) is 7.51. The summed E-state index contributed by atoms with van der Waals surface area (Å²) in [6, 6.07) is 6.31.